The SMILES string of the molecule is COc1ccc(C2Nc3ccc([N+](=O)[O-])cc3C(=O)N2OCc2ccccc2)cc1. The van der Waals surface area contributed by atoms with Crippen LogP contribution in [0.1, 0.15) is 27.7 Å². The first kappa shape index (κ1) is 19.4. The van der Waals surface area contributed by atoms with Crippen LogP contribution in [-0.2, 0) is 11.4 Å². The standard InChI is InChI=1S/C22H19N3O5/c1-29-18-10-7-16(8-11-18)21-23-20-12-9-17(25(27)28)13-19(20)22(26)24(21)30-14-15-5-3-2-4-6-15/h2-13,21,23H,14H2,1H3. The van der Waals surface area contributed by atoms with E-state index in [1.807, 2.05) is 42.5 Å². The summed E-state index contributed by atoms with van der Waals surface area (Å²) in [5, 5.41) is 15.6. The molecule has 1 N–H and O–H groups in total. The largest absolute Gasteiger partial charge is 0.497 e. The minimum Gasteiger partial charge on any atom is -0.497 e. The maximum atomic E-state index is 13.2. The zero-order valence-corrected chi connectivity index (χ0v) is 16.1. The zero-order valence-electron chi connectivity index (χ0n) is 16.1. The molecule has 1 heterocycles. The van der Waals surface area contributed by atoms with Crippen LogP contribution in [0.3, 0.4) is 0 Å². The Bertz CT molecular complexity index is 1070. The van der Waals surface area contributed by atoms with Crippen LogP contribution in [0.15, 0.2) is 72.8 Å². The van der Waals surface area contributed by atoms with Crippen molar-refractivity contribution >= 4 is 17.3 Å². The Morgan fingerprint density at radius 1 is 1.07 bits per heavy atom. The van der Waals surface area contributed by atoms with E-state index in [4.69, 9.17) is 9.57 Å². The molecule has 4 rings (SSSR count). The summed E-state index contributed by atoms with van der Waals surface area (Å²) in [6, 6.07) is 20.9. The summed E-state index contributed by atoms with van der Waals surface area (Å²) in [6.45, 7) is 0.172. The second-order valence-electron chi connectivity index (χ2n) is 6.70. The Kier molecular flexibility index (Phi) is 5.32. The third-order valence-corrected chi connectivity index (χ3v) is 4.82. The van der Waals surface area contributed by atoms with Crippen molar-refractivity contribution in [1.82, 2.24) is 5.06 Å². The molecule has 1 unspecified atom stereocenters. The summed E-state index contributed by atoms with van der Waals surface area (Å²) in [7, 11) is 1.58. The second-order valence-corrected chi connectivity index (χ2v) is 6.70. The third-order valence-electron chi connectivity index (χ3n) is 4.82. The summed E-state index contributed by atoms with van der Waals surface area (Å²) in [5.41, 5.74) is 2.20. The first-order valence-electron chi connectivity index (χ1n) is 9.26. The predicted octanol–water partition coefficient (Wildman–Crippen LogP) is 4.30. The smallest absolute Gasteiger partial charge is 0.282 e. The Balaban J connectivity index is 1.69. The number of nitrogens with zero attached hydrogens (tertiary/aromatic N) is 2. The number of nitrogens with one attached hydrogen (secondary N) is 1. The fourth-order valence-electron chi connectivity index (χ4n) is 3.25. The topological polar surface area (TPSA) is 93.9 Å². The summed E-state index contributed by atoms with van der Waals surface area (Å²) in [5.74, 6) is 0.234. The molecule has 30 heavy (non-hydrogen) atoms. The van der Waals surface area contributed by atoms with Crippen molar-refractivity contribution in [2.75, 3.05) is 12.4 Å². The quantitative estimate of drug-likeness (QED) is 0.485. The van der Waals surface area contributed by atoms with E-state index in [9.17, 15) is 14.9 Å². The van der Waals surface area contributed by atoms with Gasteiger partial charge in [0.15, 0.2) is 6.17 Å². The van der Waals surface area contributed by atoms with Gasteiger partial charge in [-0.25, -0.2) is 0 Å². The van der Waals surface area contributed by atoms with Crippen LogP contribution in [0.5, 0.6) is 5.75 Å². The predicted molar refractivity (Wildman–Crippen MR) is 110 cm³/mol. The number of hydroxylamine groups is 2. The van der Waals surface area contributed by atoms with Crippen molar-refractivity contribution in [3.05, 3.63) is 99.6 Å². The van der Waals surface area contributed by atoms with Crippen LogP contribution in [0.25, 0.3) is 0 Å². The molecule has 0 spiro atoms. The number of non-ortho nitro benzene ring substituents is 1. The van der Waals surface area contributed by atoms with E-state index >= 15 is 0 Å². The Hall–Kier alpha value is -3.91. The van der Waals surface area contributed by atoms with Crippen molar-refractivity contribution < 1.29 is 19.3 Å². The minimum absolute atomic E-state index is 0.158. The number of hydrogen-bond donors (Lipinski definition) is 1. The zero-order chi connectivity index (χ0) is 21.1. The number of fused-ring (bicyclic) bond motifs is 1. The van der Waals surface area contributed by atoms with Crippen LogP contribution in [-0.4, -0.2) is 23.0 Å². The lowest BCUT2D eigenvalue weighted by atomic mass is 10.0. The van der Waals surface area contributed by atoms with Crippen LogP contribution in [0.4, 0.5) is 11.4 Å². The molecule has 0 radical (unpaired) electrons. The van der Waals surface area contributed by atoms with E-state index in [1.54, 1.807) is 19.2 Å². The molecule has 3 aromatic rings. The monoisotopic (exact) mass is 405 g/mol. The maximum Gasteiger partial charge on any atom is 0.282 e. The molecule has 1 aliphatic heterocycles. The highest BCUT2D eigenvalue weighted by Crippen LogP contribution is 2.36. The molecular formula is C22H19N3O5. The van der Waals surface area contributed by atoms with E-state index < -0.39 is 17.0 Å². The van der Waals surface area contributed by atoms with Crippen molar-refractivity contribution in [2.24, 2.45) is 0 Å². The van der Waals surface area contributed by atoms with Gasteiger partial charge in [0.05, 0.1) is 17.6 Å². The number of nitro groups is 1. The number of nitro benzene ring substituents is 1. The number of anilines is 1. The van der Waals surface area contributed by atoms with Gasteiger partial charge in [-0.2, -0.15) is 5.06 Å². The van der Waals surface area contributed by atoms with Gasteiger partial charge in [0.1, 0.15) is 12.4 Å². The third kappa shape index (κ3) is 3.81. The number of methoxy groups -OCH3 is 1. The Labute approximate surface area is 172 Å². The number of amides is 1. The number of ether oxygens (including phenoxy) is 1. The number of rotatable bonds is 6. The minimum atomic E-state index is -0.610. The molecule has 1 amide bonds. The number of benzene rings is 3. The van der Waals surface area contributed by atoms with Gasteiger partial charge in [-0.15, -0.1) is 0 Å². The van der Waals surface area contributed by atoms with E-state index in [-0.39, 0.29) is 17.9 Å². The molecule has 0 aromatic heterocycles. The molecular weight excluding hydrogens is 386 g/mol. The molecule has 0 aliphatic carbocycles. The Morgan fingerprint density at radius 2 is 1.80 bits per heavy atom. The molecule has 0 bridgehead atoms. The fraction of sp³-hybridized carbons (Fsp3) is 0.136. The van der Waals surface area contributed by atoms with E-state index in [0.29, 0.717) is 11.4 Å². The van der Waals surface area contributed by atoms with Gasteiger partial charge < -0.3 is 10.1 Å². The van der Waals surface area contributed by atoms with Gasteiger partial charge in [0.25, 0.3) is 11.6 Å². The molecule has 1 aliphatic rings. The molecule has 8 heteroatoms. The average Bonchev–Trinajstić information content (AvgIpc) is 2.79. The summed E-state index contributed by atoms with van der Waals surface area (Å²) < 4.78 is 5.21. The number of hydrogen-bond acceptors (Lipinski definition) is 6. The van der Waals surface area contributed by atoms with E-state index in [1.165, 1.54) is 23.3 Å². The highest BCUT2D eigenvalue weighted by molar-refractivity contribution is 6.01. The number of carbonyl (C=O) groups is 1. The first-order valence-corrected chi connectivity index (χ1v) is 9.26. The first-order chi connectivity index (χ1) is 14.6. The lowest BCUT2D eigenvalue weighted by Gasteiger charge is -2.36. The molecule has 1 atom stereocenters. The lowest BCUT2D eigenvalue weighted by molar-refractivity contribution is -0.384. The summed E-state index contributed by atoms with van der Waals surface area (Å²) in [4.78, 5) is 29.7. The molecule has 3 aromatic carbocycles. The van der Waals surface area contributed by atoms with Crippen LogP contribution < -0.4 is 10.1 Å². The second kappa shape index (κ2) is 8.22. The average molecular weight is 405 g/mol. The highest BCUT2D eigenvalue weighted by Gasteiger charge is 2.35. The summed E-state index contributed by atoms with van der Waals surface area (Å²) >= 11 is 0. The van der Waals surface area contributed by atoms with Crippen LogP contribution in [0, 0.1) is 10.1 Å². The van der Waals surface area contributed by atoms with Gasteiger partial charge >= 0.3 is 0 Å². The molecule has 152 valence electrons. The molecule has 8 nitrogen and oxygen atoms in total. The highest BCUT2D eigenvalue weighted by atomic mass is 16.7. The van der Waals surface area contributed by atoms with Crippen molar-refractivity contribution in [3.63, 3.8) is 0 Å². The molecule has 0 saturated carbocycles. The van der Waals surface area contributed by atoms with E-state index in [2.05, 4.69) is 5.32 Å². The van der Waals surface area contributed by atoms with Gasteiger partial charge in [-0.1, -0.05) is 42.5 Å². The summed E-state index contributed by atoms with van der Waals surface area (Å²) in [6.07, 6.45) is -0.610. The normalized spacial score (nSPS) is 15.3. The fourth-order valence-corrected chi connectivity index (χ4v) is 3.25. The van der Waals surface area contributed by atoms with Gasteiger partial charge in [0.2, 0.25) is 0 Å². The lowest BCUT2D eigenvalue weighted by Crippen LogP contribution is -2.42. The van der Waals surface area contributed by atoms with Crippen molar-refractivity contribution in [1.29, 1.82) is 0 Å². The molecule has 0 saturated heterocycles. The Morgan fingerprint density at radius 3 is 2.47 bits per heavy atom. The number of carbonyl (C=O) groups excluding carboxylic acids is 1. The van der Waals surface area contributed by atoms with Crippen LogP contribution in [0.2, 0.25) is 0 Å². The van der Waals surface area contributed by atoms with Gasteiger partial charge in [-0.05, 0) is 29.3 Å². The van der Waals surface area contributed by atoms with Gasteiger partial charge in [-0.3, -0.25) is 19.7 Å². The van der Waals surface area contributed by atoms with E-state index in [0.717, 1.165) is 11.1 Å². The van der Waals surface area contributed by atoms with Gasteiger partial charge in [0, 0.05) is 17.8 Å². The molecule has 0 fully saturated rings. The van der Waals surface area contributed by atoms with Crippen LogP contribution >= 0.6 is 0 Å². The maximum absolute atomic E-state index is 13.2. The van der Waals surface area contributed by atoms with Crippen molar-refractivity contribution in [3.8, 4) is 5.75 Å². The van der Waals surface area contributed by atoms with Crippen molar-refractivity contribution in [2.45, 2.75) is 12.8 Å².